The second-order valence-corrected chi connectivity index (χ2v) is 9.32. The molecule has 0 bridgehead atoms. The predicted molar refractivity (Wildman–Crippen MR) is 137 cm³/mol. The van der Waals surface area contributed by atoms with Gasteiger partial charge < -0.3 is 20.6 Å². The minimum Gasteiger partial charge on any atom is -0.341 e. The van der Waals surface area contributed by atoms with Gasteiger partial charge in [-0.25, -0.2) is 9.97 Å². The quantitative estimate of drug-likeness (QED) is 0.302. The fourth-order valence-electron chi connectivity index (χ4n) is 4.58. The van der Waals surface area contributed by atoms with Gasteiger partial charge in [0.05, 0.1) is 30.2 Å². The topological polar surface area (TPSA) is 81.4 Å². The summed E-state index contributed by atoms with van der Waals surface area (Å²) < 4.78 is 0. The standard InChI is InChI=1S/C28H32N6/c1-4-24(32-18(2)3)27-31-17-26(34-27)22-11-10-20-14-19(7-9-21(20)15-22)8-12-23-16-30-28(33-23)25-6-5-13-29-25/h7,9-11,14-18,24-25,29,32H,4-6,13H2,1-3H3,(H,30,33)(H,31,34)/t24-,25-/m0/s1. The van der Waals surface area contributed by atoms with Crippen molar-refractivity contribution >= 4 is 10.8 Å². The number of fused-ring (bicyclic) bond motifs is 1. The monoisotopic (exact) mass is 452 g/mol. The van der Waals surface area contributed by atoms with E-state index in [1.54, 1.807) is 0 Å². The van der Waals surface area contributed by atoms with Gasteiger partial charge in [0.1, 0.15) is 17.3 Å². The molecule has 0 unspecified atom stereocenters. The molecule has 174 valence electrons. The summed E-state index contributed by atoms with van der Waals surface area (Å²) in [5.41, 5.74) is 4.02. The summed E-state index contributed by atoms with van der Waals surface area (Å²) in [6.45, 7) is 7.56. The molecule has 4 N–H and O–H groups in total. The zero-order valence-corrected chi connectivity index (χ0v) is 20.1. The Morgan fingerprint density at radius 1 is 1.03 bits per heavy atom. The van der Waals surface area contributed by atoms with Gasteiger partial charge in [-0.3, -0.25) is 0 Å². The lowest BCUT2D eigenvalue weighted by Crippen LogP contribution is -2.28. The molecule has 6 nitrogen and oxygen atoms in total. The molecule has 1 saturated heterocycles. The average molecular weight is 453 g/mol. The molecule has 0 saturated carbocycles. The number of imidazole rings is 2. The number of rotatable bonds is 6. The highest BCUT2D eigenvalue weighted by molar-refractivity contribution is 5.88. The van der Waals surface area contributed by atoms with Crippen LogP contribution in [0.1, 0.15) is 75.0 Å². The maximum atomic E-state index is 4.64. The normalized spacial score (nSPS) is 16.6. The number of aromatic nitrogens is 4. The van der Waals surface area contributed by atoms with E-state index >= 15 is 0 Å². The zero-order valence-electron chi connectivity index (χ0n) is 20.1. The van der Waals surface area contributed by atoms with Crippen molar-refractivity contribution < 1.29 is 0 Å². The molecule has 1 fully saturated rings. The Morgan fingerprint density at radius 2 is 1.88 bits per heavy atom. The molecular weight excluding hydrogens is 420 g/mol. The van der Waals surface area contributed by atoms with Crippen molar-refractivity contribution in [3.05, 3.63) is 71.7 Å². The van der Waals surface area contributed by atoms with Gasteiger partial charge in [-0.15, -0.1) is 0 Å². The van der Waals surface area contributed by atoms with Gasteiger partial charge in [-0.05, 0) is 60.7 Å². The van der Waals surface area contributed by atoms with Gasteiger partial charge >= 0.3 is 0 Å². The Morgan fingerprint density at radius 3 is 2.68 bits per heavy atom. The first kappa shape index (κ1) is 22.4. The Hall–Kier alpha value is -3.40. The minimum atomic E-state index is 0.232. The number of H-pyrrole nitrogens is 2. The van der Waals surface area contributed by atoms with Crippen LogP contribution >= 0.6 is 0 Å². The van der Waals surface area contributed by atoms with Gasteiger partial charge in [0.2, 0.25) is 0 Å². The van der Waals surface area contributed by atoms with Crippen molar-refractivity contribution in [1.82, 2.24) is 30.6 Å². The lowest BCUT2D eigenvalue weighted by atomic mass is 10.0. The van der Waals surface area contributed by atoms with Crippen LogP contribution < -0.4 is 10.6 Å². The Balaban J connectivity index is 1.33. The van der Waals surface area contributed by atoms with Gasteiger partial charge in [0.15, 0.2) is 0 Å². The van der Waals surface area contributed by atoms with Crippen LogP contribution in [0.3, 0.4) is 0 Å². The van der Waals surface area contributed by atoms with Crippen molar-refractivity contribution in [3.8, 4) is 23.1 Å². The van der Waals surface area contributed by atoms with Crippen molar-refractivity contribution in [1.29, 1.82) is 0 Å². The number of nitrogens with zero attached hydrogens (tertiary/aromatic N) is 2. The highest BCUT2D eigenvalue weighted by Gasteiger charge is 2.18. The fourth-order valence-corrected chi connectivity index (χ4v) is 4.58. The van der Waals surface area contributed by atoms with E-state index in [0.717, 1.165) is 53.5 Å². The van der Waals surface area contributed by atoms with E-state index in [9.17, 15) is 0 Å². The molecule has 0 amide bonds. The summed E-state index contributed by atoms with van der Waals surface area (Å²) in [6, 6.07) is 13.8. The van der Waals surface area contributed by atoms with Crippen LogP contribution in [0.4, 0.5) is 0 Å². The van der Waals surface area contributed by atoms with Crippen molar-refractivity contribution in [2.75, 3.05) is 6.54 Å². The van der Waals surface area contributed by atoms with E-state index in [1.807, 2.05) is 12.4 Å². The van der Waals surface area contributed by atoms with Crippen LogP contribution in [-0.4, -0.2) is 32.5 Å². The second kappa shape index (κ2) is 9.84. The number of aromatic amines is 2. The maximum Gasteiger partial charge on any atom is 0.124 e. The van der Waals surface area contributed by atoms with Gasteiger partial charge in [-0.1, -0.05) is 44.9 Å². The molecule has 6 heteroatoms. The van der Waals surface area contributed by atoms with Gasteiger partial charge in [0.25, 0.3) is 0 Å². The molecule has 34 heavy (non-hydrogen) atoms. The highest BCUT2D eigenvalue weighted by atomic mass is 15.0. The third-order valence-electron chi connectivity index (χ3n) is 6.35. The molecule has 5 rings (SSSR count). The summed E-state index contributed by atoms with van der Waals surface area (Å²) >= 11 is 0. The molecular formula is C28H32N6. The number of hydrogen-bond donors (Lipinski definition) is 4. The Bertz CT molecular complexity index is 1330. The lowest BCUT2D eigenvalue weighted by Gasteiger charge is -2.17. The van der Waals surface area contributed by atoms with E-state index in [0.29, 0.717) is 12.1 Å². The zero-order chi connectivity index (χ0) is 23.5. The van der Waals surface area contributed by atoms with Crippen LogP contribution in [0, 0.1) is 11.8 Å². The van der Waals surface area contributed by atoms with Crippen molar-refractivity contribution in [3.63, 3.8) is 0 Å². The first-order chi connectivity index (χ1) is 16.6. The number of benzene rings is 2. The molecule has 2 aromatic heterocycles. The minimum absolute atomic E-state index is 0.232. The SMILES string of the molecule is CC[C@H](NC(C)C)c1ncc(-c2ccc3cc(C#Cc4cnc([C@@H]5CCCN5)[nH]4)ccc3c2)[nH]1. The molecule has 2 aromatic carbocycles. The van der Waals surface area contributed by atoms with Crippen LogP contribution in [0.15, 0.2) is 48.8 Å². The maximum absolute atomic E-state index is 4.64. The smallest absolute Gasteiger partial charge is 0.124 e. The van der Waals surface area contributed by atoms with Crippen LogP contribution in [0.5, 0.6) is 0 Å². The van der Waals surface area contributed by atoms with Gasteiger partial charge in [0, 0.05) is 17.2 Å². The number of nitrogens with one attached hydrogen (secondary N) is 4. The third-order valence-corrected chi connectivity index (χ3v) is 6.35. The van der Waals surface area contributed by atoms with Crippen LogP contribution in [0.25, 0.3) is 22.0 Å². The van der Waals surface area contributed by atoms with E-state index in [4.69, 9.17) is 0 Å². The summed E-state index contributed by atoms with van der Waals surface area (Å²) in [7, 11) is 0. The van der Waals surface area contributed by atoms with Crippen molar-refractivity contribution in [2.24, 2.45) is 0 Å². The molecule has 3 heterocycles. The van der Waals surface area contributed by atoms with Gasteiger partial charge in [-0.2, -0.15) is 0 Å². The van der Waals surface area contributed by atoms with E-state index in [2.05, 4.69) is 99.6 Å². The Kier molecular flexibility index (Phi) is 6.48. The summed E-state index contributed by atoms with van der Waals surface area (Å²) in [5, 5.41) is 9.38. The first-order valence-electron chi connectivity index (χ1n) is 12.2. The lowest BCUT2D eigenvalue weighted by molar-refractivity contribution is 0.451. The molecule has 4 aromatic rings. The summed E-state index contributed by atoms with van der Waals surface area (Å²) in [4.78, 5) is 16.0. The molecule has 0 spiro atoms. The average Bonchev–Trinajstić information content (AvgIpc) is 3.62. The summed E-state index contributed by atoms with van der Waals surface area (Å²) in [5.74, 6) is 8.47. The van der Waals surface area contributed by atoms with E-state index < -0.39 is 0 Å². The molecule has 1 aliphatic heterocycles. The first-order valence-corrected chi connectivity index (χ1v) is 12.2. The highest BCUT2D eigenvalue weighted by Crippen LogP contribution is 2.26. The molecule has 2 atom stereocenters. The molecule has 1 aliphatic rings. The largest absolute Gasteiger partial charge is 0.341 e. The van der Waals surface area contributed by atoms with E-state index in [-0.39, 0.29) is 6.04 Å². The Labute approximate surface area is 201 Å². The van der Waals surface area contributed by atoms with E-state index in [1.165, 1.54) is 17.2 Å². The second-order valence-electron chi connectivity index (χ2n) is 9.32. The van der Waals surface area contributed by atoms with Crippen molar-refractivity contribution in [2.45, 2.75) is 58.2 Å². The summed E-state index contributed by atoms with van der Waals surface area (Å²) in [6.07, 6.45) is 7.07. The molecule has 0 aliphatic carbocycles. The van der Waals surface area contributed by atoms with Crippen LogP contribution in [0.2, 0.25) is 0 Å². The molecule has 0 radical (unpaired) electrons. The number of hydrogen-bond acceptors (Lipinski definition) is 4. The predicted octanol–water partition coefficient (Wildman–Crippen LogP) is 5.23. The fraction of sp³-hybridized carbons (Fsp3) is 0.357. The van der Waals surface area contributed by atoms with Crippen LogP contribution in [-0.2, 0) is 0 Å². The third kappa shape index (κ3) is 4.91.